The van der Waals surface area contributed by atoms with Crippen LogP contribution in [0.1, 0.15) is 44.7 Å². The number of rotatable bonds is 7. The van der Waals surface area contributed by atoms with Crippen LogP contribution < -0.4 is 10.6 Å². The fourth-order valence-corrected chi connectivity index (χ4v) is 1.93. The molecule has 0 aliphatic carbocycles. The van der Waals surface area contributed by atoms with Gasteiger partial charge in [-0.2, -0.15) is 13.2 Å². The molecule has 0 aliphatic rings. The molecular weight excluding hydrogens is 281 g/mol. The van der Waals surface area contributed by atoms with Crippen molar-refractivity contribution in [3.8, 4) is 0 Å². The molecular formula is C15H21F3N2O. The van der Waals surface area contributed by atoms with Gasteiger partial charge in [0, 0.05) is 18.2 Å². The lowest BCUT2D eigenvalue weighted by atomic mass is 10.1. The summed E-state index contributed by atoms with van der Waals surface area (Å²) in [4.78, 5) is 11.6. The summed E-state index contributed by atoms with van der Waals surface area (Å²) in [5.41, 5.74) is 1.42. The standard InChI is InChI=1S/C15H21F3N2O/c1-3-10-19-11(2)12-6-4-5-7-13(12)20-14(21)8-9-15(16,17)18/h4-7,11,19H,3,8-10H2,1-2H3,(H,20,21). The van der Waals surface area contributed by atoms with E-state index in [2.05, 4.69) is 10.6 Å². The maximum absolute atomic E-state index is 12.1. The van der Waals surface area contributed by atoms with Crippen molar-refractivity contribution in [2.24, 2.45) is 0 Å². The topological polar surface area (TPSA) is 41.1 Å². The second kappa shape index (κ2) is 8.02. The highest BCUT2D eigenvalue weighted by Crippen LogP contribution is 2.24. The van der Waals surface area contributed by atoms with Crippen LogP contribution in [-0.4, -0.2) is 18.6 Å². The molecule has 1 atom stereocenters. The molecule has 0 heterocycles. The van der Waals surface area contributed by atoms with Gasteiger partial charge in [0.15, 0.2) is 0 Å². The molecule has 6 heteroatoms. The molecule has 0 aliphatic heterocycles. The van der Waals surface area contributed by atoms with E-state index in [-0.39, 0.29) is 6.04 Å². The number of halogens is 3. The van der Waals surface area contributed by atoms with E-state index in [1.54, 1.807) is 12.1 Å². The van der Waals surface area contributed by atoms with Crippen LogP contribution in [0.5, 0.6) is 0 Å². The zero-order chi connectivity index (χ0) is 15.9. The third kappa shape index (κ3) is 6.62. The number of hydrogen-bond acceptors (Lipinski definition) is 2. The van der Waals surface area contributed by atoms with Crippen LogP contribution in [0, 0.1) is 0 Å². The molecule has 0 fully saturated rings. The monoisotopic (exact) mass is 302 g/mol. The largest absolute Gasteiger partial charge is 0.389 e. The van der Waals surface area contributed by atoms with E-state index in [9.17, 15) is 18.0 Å². The first-order chi connectivity index (χ1) is 9.83. The molecule has 0 radical (unpaired) electrons. The Kier molecular flexibility index (Phi) is 6.68. The van der Waals surface area contributed by atoms with Gasteiger partial charge in [-0.05, 0) is 31.5 Å². The Labute approximate surface area is 122 Å². The number of alkyl halides is 3. The van der Waals surface area contributed by atoms with Crippen molar-refractivity contribution in [1.82, 2.24) is 5.32 Å². The zero-order valence-electron chi connectivity index (χ0n) is 12.3. The van der Waals surface area contributed by atoms with Gasteiger partial charge in [-0.3, -0.25) is 4.79 Å². The van der Waals surface area contributed by atoms with Gasteiger partial charge >= 0.3 is 6.18 Å². The molecule has 1 aromatic rings. The summed E-state index contributed by atoms with van der Waals surface area (Å²) in [6.07, 6.45) is -5.00. The molecule has 21 heavy (non-hydrogen) atoms. The number of hydrogen-bond donors (Lipinski definition) is 2. The highest BCUT2D eigenvalue weighted by Gasteiger charge is 2.28. The molecule has 1 aromatic carbocycles. The number of amides is 1. The number of carbonyl (C=O) groups is 1. The van der Waals surface area contributed by atoms with E-state index in [1.165, 1.54) is 0 Å². The first-order valence-corrected chi connectivity index (χ1v) is 7.02. The highest BCUT2D eigenvalue weighted by molar-refractivity contribution is 5.91. The highest BCUT2D eigenvalue weighted by atomic mass is 19.4. The number of nitrogens with one attached hydrogen (secondary N) is 2. The third-order valence-electron chi connectivity index (χ3n) is 3.04. The van der Waals surface area contributed by atoms with Crippen molar-refractivity contribution in [3.05, 3.63) is 29.8 Å². The van der Waals surface area contributed by atoms with Crippen molar-refractivity contribution in [2.45, 2.75) is 45.3 Å². The minimum Gasteiger partial charge on any atom is -0.326 e. The zero-order valence-corrected chi connectivity index (χ0v) is 12.3. The molecule has 0 bridgehead atoms. The lowest BCUT2D eigenvalue weighted by Gasteiger charge is -2.18. The van der Waals surface area contributed by atoms with Crippen LogP contribution in [0.25, 0.3) is 0 Å². The Hall–Kier alpha value is -1.56. The molecule has 3 nitrogen and oxygen atoms in total. The molecule has 1 rings (SSSR count). The predicted molar refractivity (Wildman–Crippen MR) is 77.1 cm³/mol. The van der Waals surface area contributed by atoms with Gasteiger partial charge in [0.05, 0.1) is 6.42 Å². The normalized spacial score (nSPS) is 13.0. The van der Waals surface area contributed by atoms with Crippen molar-refractivity contribution in [3.63, 3.8) is 0 Å². The first-order valence-electron chi connectivity index (χ1n) is 7.02. The maximum atomic E-state index is 12.1. The molecule has 0 saturated heterocycles. The molecule has 118 valence electrons. The molecule has 2 N–H and O–H groups in total. The van der Waals surface area contributed by atoms with Gasteiger partial charge in [0.2, 0.25) is 5.91 Å². The predicted octanol–water partition coefficient (Wildman–Crippen LogP) is 4.03. The summed E-state index contributed by atoms with van der Waals surface area (Å²) in [7, 11) is 0. The van der Waals surface area contributed by atoms with Gasteiger partial charge in [0.25, 0.3) is 0 Å². The van der Waals surface area contributed by atoms with Crippen LogP contribution in [0.15, 0.2) is 24.3 Å². The van der Waals surface area contributed by atoms with Crippen molar-refractivity contribution < 1.29 is 18.0 Å². The minimum absolute atomic E-state index is 0.0177. The van der Waals surface area contributed by atoms with E-state index in [0.29, 0.717) is 5.69 Å². The molecule has 1 amide bonds. The van der Waals surface area contributed by atoms with Gasteiger partial charge in [-0.25, -0.2) is 0 Å². The number of anilines is 1. The fraction of sp³-hybridized carbons (Fsp3) is 0.533. The number of carbonyl (C=O) groups excluding carboxylic acids is 1. The van der Waals surface area contributed by atoms with Gasteiger partial charge < -0.3 is 10.6 Å². The van der Waals surface area contributed by atoms with Gasteiger partial charge in [0.1, 0.15) is 0 Å². The van der Waals surface area contributed by atoms with Gasteiger partial charge in [-0.1, -0.05) is 25.1 Å². The van der Waals surface area contributed by atoms with Crippen molar-refractivity contribution >= 4 is 11.6 Å². The smallest absolute Gasteiger partial charge is 0.326 e. The lowest BCUT2D eigenvalue weighted by Crippen LogP contribution is -2.22. The maximum Gasteiger partial charge on any atom is 0.389 e. The minimum atomic E-state index is -4.31. The van der Waals surface area contributed by atoms with E-state index in [1.807, 2.05) is 26.0 Å². The van der Waals surface area contributed by atoms with Crippen LogP contribution >= 0.6 is 0 Å². The van der Waals surface area contributed by atoms with Crippen LogP contribution in [0.3, 0.4) is 0 Å². The van der Waals surface area contributed by atoms with E-state index in [4.69, 9.17) is 0 Å². The second-order valence-electron chi connectivity index (χ2n) is 4.93. The first kappa shape index (κ1) is 17.5. The summed E-state index contributed by atoms with van der Waals surface area (Å²) >= 11 is 0. The molecule has 0 spiro atoms. The fourth-order valence-electron chi connectivity index (χ4n) is 1.93. The Morgan fingerprint density at radius 3 is 2.57 bits per heavy atom. The summed E-state index contributed by atoms with van der Waals surface area (Å²) in [6.45, 7) is 4.83. The molecule has 0 aromatic heterocycles. The third-order valence-corrected chi connectivity index (χ3v) is 3.04. The van der Waals surface area contributed by atoms with Crippen molar-refractivity contribution in [1.29, 1.82) is 0 Å². The summed E-state index contributed by atoms with van der Waals surface area (Å²) in [5.74, 6) is -0.623. The summed E-state index contributed by atoms with van der Waals surface area (Å²) in [6, 6.07) is 7.15. The van der Waals surface area contributed by atoms with Gasteiger partial charge in [-0.15, -0.1) is 0 Å². The van der Waals surface area contributed by atoms with Crippen LogP contribution in [0.2, 0.25) is 0 Å². The Morgan fingerprint density at radius 2 is 1.95 bits per heavy atom. The average molecular weight is 302 g/mol. The average Bonchev–Trinajstić information content (AvgIpc) is 2.42. The van der Waals surface area contributed by atoms with Crippen molar-refractivity contribution in [2.75, 3.05) is 11.9 Å². The lowest BCUT2D eigenvalue weighted by molar-refractivity contribution is -0.142. The van der Waals surface area contributed by atoms with E-state index in [0.717, 1.165) is 18.5 Å². The Bertz CT molecular complexity index is 460. The SMILES string of the molecule is CCCNC(C)c1ccccc1NC(=O)CCC(F)(F)F. The number of benzene rings is 1. The Morgan fingerprint density at radius 1 is 1.29 bits per heavy atom. The summed E-state index contributed by atoms with van der Waals surface area (Å²) in [5, 5.41) is 5.85. The quantitative estimate of drug-likeness (QED) is 0.798. The number of para-hydroxylation sites is 1. The van der Waals surface area contributed by atoms with Crippen LogP contribution in [0.4, 0.5) is 18.9 Å². The molecule has 1 unspecified atom stereocenters. The van der Waals surface area contributed by atoms with Crippen LogP contribution in [-0.2, 0) is 4.79 Å². The van der Waals surface area contributed by atoms with E-state index >= 15 is 0 Å². The summed E-state index contributed by atoms with van der Waals surface area (Å²) < 4.78 is 36.3. The Balaban J connectivity index is 2.68. The second-order valence-corrected chi connectivity index (χ2v) is 4.93. The molecule has 0 saturated carbocycles. The van der Waals surface area contributed by atoms with E-state index < -0.39 is 24.9 Å².